The molecule has 2 aliphatic heterocycles. The van der Waals surface area contributed by atoms with E-state index in [9.17, 15) is 9.59 Å². The molecule has 0 spiro atoms. The predicted octanol–water partition coefficient (Wildman–Crippen LogP) is 1.26. The Kier molecular flexibility index (Phi) is 4.27. The van der Waals surface area contributed by atoms with Crippen LogP contribution in [-0.4, -0.2) is 60.4 Å². The van der Waals surface area contributed by atoms with Crippen LogP contribution in [-0.2, 0) is 9.59 Å². The van der Waals surface area contributed by atoms with Crippen molar-refractivity contribution in [3.05, 3.63) is 29.8 Å². The van der Waals surface area contributed by atoms with Crippen molar-refractivity contribution in [3.63, 3.8) is 0 Å². The average Bonchev–Trinajstić information content (AvgIpc) is 2.83. The van der Waals surface area contributed by atoms with E-state index in [4.69, 9.17) is 0 Å². The van der Waals surface area contributed by atoms with Gasteiger partial charge in [-0.1, -0.05) is 25.1 Å². The van der Waals surface area contributed by atoms with Crippen molar-refractivity contribution < 1.29 is 9.59 Å². The molecule has 1 aromatic carbocycles. The smallest absolute Gasteiger partial charge is 0.251 e. The summed E-state index contributed by atoms with van der Waals surface area (Å²) in [5, 5.41) is 0. The number of imide groups is 1. The van der Waals surface area contributed by atoms with E-state index in [0.29, 0.717) is 6.42 Å². The highest BCUT2D eigenvalue weighted by Gasteiger charge is 2.43. The highest BCUT2D eigenvalue weighted by atomic mass is 16.2. The van der Waals surface area contributed by atoms with Crippen molar-refractivity contribution in [1.29, 1.82) is 0 Å². The van der Waals surface area contributed by atoms with Gasteiger partial charge in [-0.3, -0.25) is 14.5 Å². The molecule has 0 aromatic heterocycles. The average molecular weight is 301 g/mol. The van der Waals surface area contributed by atoms with Gasteiger partial charge in [-0.25, -0.2) is 4.90 Å². The number of benzene rings is 1. The highest BCUT2D eigenvalue weighted by molar-refractivity contribution is 6.22. The van der Waals surface area contributed by atoms with Crippen LogP contribution >= 0.6 is 0 Å². The maximum absolute atomic E-state index is 12.8. The van der Waals surface area contributed by atoms with Crippen molar-refractivity contribution in [3.8, 4) is 0 Å². The number of carbonyl (C=O) groups excluding carboxylic acids is 2. The standard InChI is InChI=1S/C17H23N3O2/c1-3-18-8-10-19(11-9-18)15-12-16(21)20(17(15)22)14-7-5-4-6-13(14)2/h4-7,15H,3,8-12H2,1-2H3. The number of para-hydroxylation sites is 1. The van der Waals surface area contributed by atoms with Crippen molar-refractivity contribution in [1.82, 2.24) is 9.80 Å². The number of likely N-dealkylation sites (N-methyl/N-ethyl adjacent to an activating group) is 1. The molecule has 0 bridgehead atoms. The number of carbonyl (C=O) groups is 2. The largest absolute Gasteiger partial charge is 0.301 e. The fourth-order valence-corrected chi connectivity index (χ4v) is 3.36. The molecule has 5 nitrogen and oxygen atoms in total. The number of anilines is 1. The summed E-state index contributed by atoms with van der Waals surface area (Å²) in [6, 6.07) is 7.29. The second kappa shape index (κ2) is 6.18. The molecule has 1 aromatic rings. The molecule has 0 aliphatic carbocycles. The van der Waals surface area contributed by atoms with E-state index in [0.717, 1.165) is 44.0 Å². The zero-order chi connectivity index (χ0) is 15.7. The van der Waals surface area contributed by atoms with E-state index in [1.54, 1.807) is 0 Å². The second-order valence-electron chi connectivity index (χ2n) is 6.04. The number of piperazine rings is 1. The molecular formula is C17H23N3O2. The van der Waals surface area contributed by atoms with Gasteiger partial charge in [0.05, 0.1) is 18.2 Å². The molecule has 22 heavy (non-hydrogen) atoms. The zero-order valence-corrected chi connectivity index (χ0v) is 13.3. The SMILES string of the molecule is CCN1CCN(C2CC(=O)N(c3ccccc3C)C2=O)CC1. The Bertz CT molecular complexity index is 579. The van der Waals surface area contributed by atoms with Crippen LogP contribution in [0.5, 0.6) is 0 Å². The van der Waals surface area contributed by atoms with Crippen molar-refractivity contribution in [2.75, 3.05) is 37.6 Å². The van der Waals surface area contributed by atoms with Gasteiger partial charge in [-0.2, -0.15) is 0 Å². The quantitative estimate of drug-likeness (QED) is 0.789. The van der Waals surface area contributed by atoms with Crippen LogP contribution in [0.25, 0.3) is 0 Å². The molecule has 0 saturated carbocycles. The third kappa shape index (κ3) is 2.66. The maximum Gasteiger partial charge on any atom is 0.251 e. The summed E-state index contributed by atoms with van der Waals surface area (Å²) in [4.78, 5) is 31.1. The molecule has 1 atom stereocenters. The van der Waals surface area contributed by atoms with Gasteiger partial charge in [0.15, 0.2) is 0 Å². The fourth-order valence-electron chi connectivity index (χ4n) is 3.36. The maximum atomic E-state index is 12.8. The number of nitrogens with zero attached hydrogens (tertiary/aromatic N) is 3. The Morgan fingerprint density at radius 3 is 2.41 bits per heavy atom. The van der Waals surface area contributed by atoms with E-state index >= 15 is 0 Å². The van der Waals surface area contributed by atoms with Crippen molar-refractivity contribution in [2.24, 2.45) is 0 Å². The molecule has 0 N–H and O–H groups in total. The minimum Gasteiger partial charge on any atom is -0.301 e. The fraction of sp³-hybridized carbons (Fsp3) is 0.529. The predicted molar refractivity (Wildman–Crippen MR) is 85.8 cm³/mol. The van der Waals surface area contributed by atoms with E-state index in [1.807, 2.05) is 31.2 Å². The summed E-state index contributed by atoms with van der Waals surface area (Å²) >= 11 is 0. The lowest BCUT2D eigenvalue weighted by atomic mass is 10.1. The van der Waals surface area contributed by atoms with E-state index in [-0.39, 0.29) is 17.9 Å². The van der Waals surface area contributed by atoms with Crippen molar-refractivity contribution >= 4 is 17.5 Å². The van der Waals surface area contributed by atoms with Crippen molar-refractivity contribution in [2.45, 2.75) is 26.3 Å². The van der Waals surface area contributed by atoms with Gasteiger partial charge in [0, 0.05) is 26.2 Å². The summed E-state index contributed by atoms with van der Waals surface area (Å²) in [5.41, 5.74) is 1.69. The number of hydrogen-bond acceptors (Lipinski definition) is 4. The Morgan fingerprint density at radius 1 is 1.09 bits per heavy atom. The molecular weight excluding hydrogens is 278 g/mol. The molecule has 5 heteroatoms. The van der Waals surface area contributed by atoms with E-state index in [2.05, 4.69) is 16.7 Å². The van der Waals surface area contributed by atoms with Crippen LogP contribution in [0.4, 0.5) is 5.69 Å². The molecule has 0 radical (unpaired) electrons. The lowest BCUT2D eigenvalue weighted by molar-refractivity contribution is -0.123. The monoisotopic (exact) mass is 301 g/mol. The Balaban J connectivity index is 1.76. The lowest BCUT2D eigenvalue weighted by Gasteiger charge is -2.36. The van der Waals surface area contributed by atoms with E-state index < -0.39 is 0 Å². The van der Waals surface area contributed by atoms with Gasteiger partial charge in [0.25, 0.3) is 5.91 Å². The lowest BCUT2D eigenvalue weighted by Crippen LogP contribution is -2.52. The van der Waals surface area contributed by atoms with Gasteiger partial charge >= 0.3 is 0 Å². The molecule has 2 amide bonds. The number of hydrogen-bond donors (Lipinski definition) is 0. The summed E-state index contributed by atoms with van der Waals surface area (Å²) < 4.78 is 0. The van der Waals surface area contributed by atoms with Crippen LogP contribution < -0.4 is 4.90 Å². The van der Waals surface area contributed by atoms with Gasteiger partial charge in [0.1, 0.15) is 0 Å². The highest BCUT2D eigenvalue weighted by Crippen LogP contribution is 2.28. The number of rotatable bonds is 3. The van der Waals surface area contributed by atoms with Crippen LogP contribution in [0.3, 0.4) is 0 Å². The Morgan fingerprint density at radius 2 is 1.77 bits per heavy atom. The third-order valence-electron chi connectivity index (χ3n) is 4.77. The molecule has 2 aliphatic rings. The summed E-state index contributed by atoms with van der Waals surface area (Å²) in [5.74, 6) is -0.147. The first-order valence-electron chi connectivity index (χ1n) is 8.00. The first kappa shape index (κ1) is 15.2. The topological polar surface area (TPSA) is 43.9 Å². The zero-order valence-electron chi connectivity index (χ0n) is 13.3. The minimum absolute atomic E-state index is 0.0655. The van der Waals surface area contributed by atoms with Crippen LogP contribution in [0.2, 0.25) is 0 Å². The van der Waals surface area contributed by atoms with Gasteiger partial charge in [0.2, 0.25) is 5.91 Å². The summed E-state index contributed by atoms with van der Waals surface area (Å²) in [6.07, 6.45) is 0.305. The number of aryl methyl sites for hydroxylation is 1. The first-order chi connectivity index (χ1) is 10.6. The minimum atomic E-state index is -0.286. The van der Waals surface area contributed by atoms with Crippen LogP contribution in [0, 0.1) is 6.92 Å². The molecule has 3 rings (SSSR count). The molecule has 2 saturated heterocycles. The number of amides is 2. The first-order valence-corrected chi connectivity index (χ1v) is 8.00. The van der Waals surface area contributed by atoms with E-state index in [1.165, 1.54) is 4.90 Å². The normalized spacial score (nSPS) is 24.3. The Labute approximate surface area is 131 Å². The second-order valence-corrected chi connectivity index (χ2v) is 6.04. The Hall–Kier alpha value is -1.72. The summed E-state index contributed by atoms with van der Waals surface area (Å²) in [7, 11) is 0. The summed E-state index contributed by atoms with van der Waals surface area (Å²) in [6.45, 7) is 8.79. The van der Waals surface area contributed by atoms with Crippen LogP contribution in [0.15, 0.2) is 24.3 Å². The molecule has 118 valence electrons. The molecule has 2 heterocycles. The van der Waals surface area contributed by atoms with Gasteiger partial charge in [-0.15, -0.1) is 0 Å². The molecule has 2 fully saturated rings. The van der Waals surface area contributed by atoms with Gasteiger partial charge < -0.3 is 4.90 Å². The van der Waals surface area contributed by atoms with Crippen LogP contribution in [0.1, 0.15) is 18.9 Å². The van der Waals surface area contributed by atoms with Gasteiger partial charge in [-0.05, 0) is 25.1 Å². The third-order valence-corrected chi connectivity index (χ3v) is 4.77. The molecule has 1 unspecified atom stereocenters.